The molecule has 18 heteroatoms. The summed E-state index contributed by atoms with van der Waals surface area (Å²) in [6, 6.07) is -2.13. The highest BCUT2D eigenvalue weighted by atomic mass is 16.4. The van der Waals surface area contributed by atoms with Gasteiger partial charge in [-0.25, -0.2) is 0 Å². The number of Topliss-reactive ketones (excluding diaryl/α,β-unsaturated/α-hetero) is 7. The number of hydrogen-bond donors (Lipinski definition) is 9. The van der Waals surface area contributed by atoms with E-state index < -0.39 is 23.5 Å². The molecule has 0 aliphatic rings. The molecule has 456 valence electrons. The largest absolute Gasteiger partial charge is 0.481 e. The minimum Gasteiger partial charge on any atom is -0.481 e. The van der Waals surface area contributed by atoms with Crippen LogP contribution in [0, 0.1) is 33.0 Å². The zero-order valence-electron chi connectivity index (χ0n) is 53.3. The normalized spacial score (nSPS) is 14.1. The van der Waals surface area contributed by atoms with E-state index in [1.54, 1.807) is 34.6 Å². The molecule has 0 spiro atoms. The fraction of sp³-hybridized carbons (Fsp3) is 0.847. The van der Waals surface area contributed by atoms with E-state index in [2.05, 4.69) is 31.4 Å². The van der Waals surface area contributed by atoms with E-state index in [4.69, 9.17) is 39.5 Å². The van der Waals surface area contributed by atoms with Gasteiger partial charge in [0.1, 0.15) is 23.1 Å². The van der Waals surface area contributed by atoms with Crippen molar-refractivity contribution in [2.75, 3.05) is 13.1 Å². The van der Waals surface area contributed by atoms with Gasteiger partial charge in [-0.1, -0.05) is 124 Å². The van der Waals surface area contributed by atoms with Crippen molar-refractivity contribution in [3.8, 4) is 0 Å². The number of unbranched alkanes of at least 4 members (excludes halogenated alkanes) is 2. The van der Waals surface area contributed by atoms with Crippen LogP contribution in [0.1, 0.15) is 237 Å². The van der Waals surface area contributed by atoms with Gasteiger partial charge in [0.25, 0.3) is 0 Å². The number of carboxylic acid groups (broad SMARTS) is 1. The topological polar surface area (TPSA) is 354 Å². The van der Waals surface area contributed by atoms with Crippen molar-refractivity contribution in [2.45, 2.75) is 279 Å². The van der Waals surface area contributed by atoms with Gasteiger partial charge in [0.2, 0.25) is 5.91 Å². The van der Waals surface area contributed by atoms with Crippen LogP contribution in [0.15, 0.2) is 0 Å². The Kier molecular flexibility index (Phi) is 44.5. The second-order valence-corrected chi connectivity index (χ2v) is 27.0. The Bertz CT molecular complexity index is 1740. The minimum absolute atomic E-state index is 0.000941. The molecule has 6 atom stereocenters. The van der Waals surface area contributed by atoms with Crippen molar-refractivity contribution in [2.24, 2.45) is 67.4 Å². The summed E-state index contributed by atoms with van der Waals surface area (Å²) >= 11 is 0. The van der Waals surface area contributed by atoms with E-state index in [1.165, 1.54) is 13.8 Å². The van der Waals surface area contributed by atoms with Crippen LogP contribution < -0.4 is 45.0 Å². The molecular formula is C59H120N8O10. The SMILES string of the molecule is CC(=O)[C@@H](N)CCC(=O)C(C)(C)C.CC(=O)[C@@H](N)CCCCNC(=O)CC(C)(C)C.CC(=O)[C@H](CCCCN)NC(C)(C)C.CC(C)(C)C(=O)[C@@H](N)CCC(=O)O.CC(C)[C@H](N)C(=O)C(C)(C)C.C[C@H](N)C(=O)C(C)(C)C. The van der Waals surface area contributed by atoms with Gasteiger partial charge in [-0.05, 0) is 111 Å². The first kappa shape index (κ1) is 84.6. The number of ketones is 7. The van der Waals surface area contributed by atoms with Gasteiger partial charge in [-0.3, -0.25) is 43.2 Å². The Morgan fingerprint density at radius 2 is 0.883 bits per heavy atom. The average molecular weight is 1100 g/mol. The van der Waals surface area contributed by atoms with E-state index in [-0.39, 0.29) is 117 Å². The predicted molar refractivity (Wildman–Crippen MR) is 317 cm³/mol. The van der Waals surface area contributed by atoms with E-state index in [0.29, 0.717) is 38.8 Å². The Labute approximate surface area is 468 Å². The number of nitrogens with two attached hydrogens (primary N) is 6. The molecular weight excluding hydrogens is 981 g/mol. The van der Waals surface area contributed by atoms with Crippen LogP contribution in [0.4, 0.5) is 0 Å². The monoisotopic (exact) mass is 1100 g/mol. The van der Waals surface area contributed by atoms with Crippen LogP contribution >= 0.6 is 0 Å². The Hall–Kier alpha value is -3.65. The Balaban J connectivity index is -0.000000198. The van der Waals surface area contributed by atoms with Crippen molar-refractivity contribution in [3.63, 3.8) is 0 Å². The summed E-state index contributed by atoms with van der Waals surface area (Å²) in [6.07, 6.45) is 6.91. The van der Waals surface area contributed by atoms with Crippen LogP contribution in [0.3, 0.4) is 0 Å². The van der Waals surface area contributed by atoms with Crippen molar-refractivity contribution < 1.29 is 48.3 Å². The summed E-state index contributed by atoms with van der Waals surface area (Å²) in [4.78, 5) is 100. The number of carbonyl (C=O) groups excluding carboxylic acids is 8. The lowest BCUT2D eigenvalue weighted by atomic mass is 9.83. The van der Waals surface area contributed by atoms with Gasteiger partial charge in [-0.2, -0.15) is 0 Å². The van der Waals surface area contributed by atoms with Crippen molar-refractivity contribution in [3.05, 3.63) is 0 Å². The molecule has 0 bridgehead atoms. The minimum atomic E-state index is -0.919. The van der Waals surface area contributed by atoms with Crippen molar-refractivity contribution >= 4 is 52.4 Å². The molecule has 0 heterocycles. The predicted octanol–water partition coefficient (Wildman–Crippen LogP) is 7.71. The number of rotatable bonds is 24. The summed E-state index contributed by atoms with van der Waals surface area (Å²) in [5.41, 5.74) is 31.8. The summed E-state index contributed by atoms with van der Waals surface area (Å²) in [7, 11) is 0. The maximum Gasteiger partial charge on any atom is 0.303 e. The second-order valence-electron chi connectivity index (χ2n) is 27.0. The zero-order valence-corrected chi connectivity index (χ0v) is 53.3. The fourth-order valence-corrected chi connectivity index (χ4v) is 6.17. The Morgan fingerprint density at radius 1 is 0.481 bits per heavy atom. The summed E-state index contributed by atoms with van der Waals surface area (Å²) in [5.74, 6) is -0.0689. The molecule has 0 aromatic carbocycles. The lowest BCUT2D eigenvalue weighted by Crippen LogP contribution is -2.47. The fourth-order valence-electron chi connectivity index (χ4n) is 6.17. The van der Waals surface area contributed by atoms with E-state index in [9.17, 15) is 43.2 Å². The van der Waals surface area contributed by atoms with Gasteiger partial charge >= 0.3 is 5.97 Å². The summed E-state index contributed by atoms with van der Waals surface area (Å²) in [5, 5.41) is 14.6. The maximum atomic E-state index is 11.5. The van der Waals surface area contributed by atoms with E-state index in [0.717, 1.165) is 32.1 Å². The highest BCUT2D eigenvalue weighted by Gasteiger charge is 2.29. The molecule has 0 fully saturated rings. The van der Waals surface area contributed by atoms with Crippen LogP contribution in [0.25, 0.3) is 0 Å². The van der Waals surface area contributed by atoms with E-state index >= 15 is 0 Å². The van der Waals surface area contributed by atoms with Crippen LogP contribution in [0.5, 0.6) is 0 Å². The molecule has 0 rings (SSSR count). The van der Waals surface area contributed by atoms with Crippen molar-refractivity contribution in [1.82, 2.24) is 10.6 Å². The molecule has 1 amide bonds. The highest BCUT2D eigenvalue weighted by molar-refractivity contribution is 5.90. The van der Waals surface area contributed by atoms with Crippen LogP contribution in [0.2, 0.25) is 0 Å². The molecule has 0 saturated heterocycles. The number of carboxylic acids is 1. The first-order chi connectivity index (χ1) is 34.2. The zero-order chi connectivity index (χ0) is 62.8. The third kappa shape index (κ3) is 54.1. The highest BCUT2D eigenvalue weighted by Crippen LogP contribution is 2.21. The quantitative estimate of drug-likeness (QED) is 0.0418. The molecule has 0 saturated carbocycles. The molecule has 0 aromatic rings. The van der Waals surface area contributed by atoms with Crippen LogP contribution in [-0.4, -0.2) is 112 Å². The van der Waals surface area contributed by atoms with Crippen molar-refractivity contribution in [1.29, 1.82) is 0 Å². The van der Waals surface area contributed by atoms with Gasteiger partial charge in [-0.15, -0.1) is 0 Å². The molecule has 0 aliphatic heterocycles. The lowest BCUT2D eigenvalue weighted by molar-refractivity contribution is -0.137. The number of amides is 1. The Morgan fingerprint density at radius 3 is 1.17 bits per heavy atom. The number of nitrogens with one attached hydrogen (secondary N) is 2. The first-order valence-electron chi connectivity index (χ1n) is 27.6. The molecule has 0 aromatic heterocycles. The lowest BCUT2D eigenvalue weighted by Gasteiger charge is -2.27. The molecule has 77 heavy (non-hydrogen) atoms. The molecule has 15 N–H and O–H groups in total. The van der Waals surface area contributed by atoms with Gasteiger partial charge < -0.3 is 50.1 Å². The molecule has 0 radical (unpaired) electrons. The van der Waals surface area contributed by atoms with Gasteiger partial charge in [0.15, 0.2) is 17.3 Å². The van der Waals surface area contributed by atoms with Gasteiger partial charge in [0, 0.05) is 53.0 Å². The standard InChI is InChI=1S/C13H26N2O2.C11H24N2O.C10H19NO2.C9H17NO3.C9H19NO.C7H15NO/c1-10(16)11(14)7-5-6-8-15-12(17)9-13(2,3)4;1-9(14)10(7-5-6-8-12)13-11(2,3)4;1-7(12)8(11)5-6-9(13)10(2,3)4;1-9(2,3)8(13)6(10)4-5-7(11)12;1-6(2)7(10)8(11)9(3,4)5;1-5(8)6(9)7(2,3)4/h11H,5-9,14H2,1-4H3,(H,15,17);10,13H,5-8,12H2,1-4H3;8H,5-6,11H2,1-4H3;6H,4-5,10H2,1-3H3,(H,11,12);6-7H,10H2,1-5H3;5H,8H2,1-4H3/t11-;10-;8-;6-;7-;5-/m000000/s1. The summed E-state index contributed by atoms with van der Waals surface area (Å²) in [6.45, 7) is 46.2. The van der Waals surface area contributed by atoms with Gasteiger partial charge in [0.05, 0.1) is 36.3 Å². The first-order valence-corrected chi connectivity index (χ1v) is 27.6. The molecule has 0 aliphatic carbocycles. The average Bonchev–Trinajstić information content (AvgIpc) is 3.24. The second kappa shape index (κ2) is 40.5. The number of carbonyl (C=O) groups is 9. The smallest absolute Gasteiger partial charge is 0.303 e. The molecule has 18 nitrogen and oxygen atoms in total. The molecule has 0 unspecified atom stereocenters. The third-order valence-electron chi connectivity index (χ3n) is 11.2. The number of hydrogen-bond acceptors (Lipinski definition) is 16. The summed E-state index contributed by atoms with van der Waals surface area (Å²) < 4.78 is 0. The maximum absolute atomic E-state index is 11.5. The van der Waals surface area contributed by atoms with Crippen LogP contribution in [-0.2, 0) is 43.2 Å². The third-order valence-corrected chi connectivity index (χ3v) is 11.2. The van der Waals surface area contributed by atoms with E-state index in [1.807, 2.05) is 96.9 Å². The number of aliphatic carboxylic acids is 1.